The molecule has 158 valence electrons. The minimum Gasteiger partial charge on any atom is -0.498 e. The normalized spacial score (nSPS) is 34.1. The topological polar surface area (TPSA) is 63.2 Å². The average Bonchev–Trinajstić information content (AvgIpc) is 3.37. The average molecular weight is 431 g/mol. The third-order valence-electron chi connectivity index (χ3n) is 6.58. The Kier molecular flexibility index (Phi) is 6.24. The Bertz CT molecular complexity index is 628. The Hall–Kier alpha value is -0.410. The molecule has 0 aromatic carbocycles. The Morgan fingerprint density at radius 2 is 1.96 bits per heavy atom. The molecule has 8 heteroatoms. The molecule has 4 rings (SSSR count). The molecule has 2 fully saturated rings. The number of hydrogen-bond donors (Lipinski definition) is 0. The second-order valence-electron chi connectivity index (χ2n) is 7.87. The molecule has 2 saturated heterocycles. The van der Waals surface area contributed by atoms with Crippen LogP contribution in [0.15, 0.2) is 11.3 Å². The fraction of sp³-hybridized carbons (Fsp3) is 0.850. The highest BCUT2D eigenvalue weighted by atomic mass is 32.2. The van der Waals surface area contributed by atoms with Crippen molar-refractivity contribution in [2.45, 2.75) is 48.6 Å². The number of allylic oxidation sites excluding steroid dienone is 1. The van der Waals surface area contributed by atoms with Gasteiger partial charge in [0.15, 0.2) is 6.29 Å². The first-order valence-corrected chi connectivity index (χ1v) is 12.0. The van der Waals surface area contributed by atoms with Crippen LogP contribution in [0.25, 0.3) is 0 Å². The largest absolute Gasteiger partial charge is 0.498 e. The van der Waals surface area contributed by atoms with Gasteiger partial charge in [-0.1, -0.05) is 0 Å². The van der Waals surface area contributed by atoms with Gasteiger partial charge in [-0.25, -0.2) is 0 Å². The maximum absolute atomic E-state index is 13.0. The molecule has 6 nitrogen and oxygen atoms in total. The predicted octanol–water partition coefficient (Wildman–Crippen LogP) is 3.20. The molecule has 0 spiro atoms. The summed E-state index contributed by atoms with van der Waals surface area (Å²) >= 11 is 3.87. The molecule has 0 saturated carbocycles. The zero-order valence-electron chi connectivity index (χ0n) is 16.9. The summed E-state index contributed by atoms with van der Waals surface area (Å²) in [6, 6.07) is 0. The quantitative estimate of drug-likeness (QED) is 0.470. The summed E-state index contributed by atoms with van der Waals surface area (Å²) in [7, 11) is 4.85. The zero-order valence-corrected chi connectivity index (χ0v) is 18.5. The lowest BCUT2D eigenvalue weighted by Crippen LogP contribution is -2.50. The minimum atomic E-state index is -0.604. The predicted molar refractivity (Wildman–Crippen MR) is 109 cm³/mol. The number of hydrogen-bond acceptors (Lipinski definition) is 8. The van der Waals surface area contributed by atoms with Crippen LogP contribution in [0.4, 0.5) is 0 Å². The van der Waals surface area contributed by atoms with Gasteiger partial charge in [-0.15, -0.1) is 23.5 Å². The monoisotopic (exact) mass is 430 g/mol. The lowest BCUT2D eigenvalue weighted by atomic mass is 9.64. The van der Waals surface area contributed by atoms with Crippen molar-refractivity contribution in [3.63, 3.8) is 0 Å². The molecular formula is C20H30O6S2. The van der Waals surface area contributed by atoms with E-state index in [9.17, 15) is 4.79 Å². The lowest BCUT2D eigenvalue weighted by Gasteiger charge is -2.46. The fourth-order valence-electron chi connectivity index (χ4n) is 5.23. The molecular weight excluding hydrogens is 400 g/mol. The first-order valence-electron chi connectivity index (χ1n) is 9.98. The van der Waals surface area contributed by atoms with Crippen LogP contribution >= 0.6 is 23.5 Å². The van der Waals surface area contributed by atoms with Gasteiger partial charge in [-0.05, 0) is 29.9 Å². The molecule has 28 heavy (non-hydrogen) atoms. The number of thioether (sulfide) groups is 2. The first kappa shape index (κ1) is 20.8. The van der Waals surface area contributed by atoms with Gasteiger partial charge in [0.1, 0.15) is 5.41 Å². The van der Waals surface area contributed by atoms with E-state index in [1.54, 1.807) is 14.2 Å². The van der Waals surface area contributed by atoms with Crippen LogP contribution in [0.2, 0.25) is 0 Å². The van der Waals surface area contributed by atoms with Gasteiger partial charge in [-0.3, -0.25) is 4.79 Å². The number of ether oxygens (including phenoxy) is 5. The smallest absolute Gasteiger partial charge is 0.314 e. The molecule has 0 aromatic heterocycles. The number of rotatable bonds is 6. The third-order valence-corrected chi connectivity index (χ3v) is 10.0. The highest BCUT2D eigenvalue weighted by molar-refractivity contribution is 8.18. The van der Waals surface area contributed by atoms with E-state index < -0.39 is 5.41 Å². The van der Waals surface area contributed by atoms with Crippen molar-refractivity contribution in [2.75, 3.05) is 46.0 Å². The summed E-state index contributed by atoms with van der Waals surface area (Å²) < 4.78 is 28.7. The van der Waals surface area contributed by atoms with E-state index in [0.29, 0.717) is 13.2 Å². The second kappa shape index (κ2) is 8.38. The van der Waals surface area contributed by atoms with Crippen molar-refractivity contribution in [2.24, 2.45) is 11.3 Å². The molecule has 0 aromatic rings. The highest BCUT2D eigenvalue weighted by Gasteiger charge is 2.64. The van der Waals surface area contributed by atoms with Crippen LogP contribution in [0.5, 0.6) is 0 Å². The van der Waals surface area contributed by atoms with Crippen LogP contribution in [-0.4, -0.2) is 68.5 Å². The van der Waals surface area contributed by atoms with Crippen LogP contribution in [-0.2, 0) is 28.5 Å². The van der Waals surface area contributed by atoms with Crippen molar-refractivity contribution in [1.29, 1.82) is 0 Å². The summed E-state index contributed by atoms with van der Waals surface area (Å²) in [4.78, 5) is 13.0. The zero-order chi connectivity index (χ0) is 19.8. The molecule has 3 aliphatic heterocycles. The van der Waals surface area contributed by atoms with Crippen LogP contribution in [0.3, 0.4) is 0 Å². The summed E-state index contributed by atoms with van der Waals surface area (Å²) in [5, 5.41) is 0. The van der Waals surface area contributed by atoms with Gasteiger partial charge in [-0.2, -0.15) is 0 Å². The molecule has 1 aliphatic carbocycles. The van der Waals surface area contributed by atoms with E-state index in [1.807, 2.05) is 23.5 Å². The summed E-state index contributed by atoms with van der Waals surface area (Å²) in [5.74, 6) is 3.09. The standard InChI is InChI=1S/C20H30O6S2/c1-22-15(23-2)11-20(27-9-4-10-28-20)17-16-13-6-8-25-14(13)5-7-19(16,12-26-17)18(21)24-3/h15-17H,4-12H2,1-3H3/t16-,17+,19+/m0/s1. The second-order valence-corrected chi connectivity index (χ2v) is 11.0. The van der Waals surface area contributed by atoms with E-state index in [0.717, 1.165) is 42.9 Å². The lowest BCUT2D eigenvalue weighted by molar-refractivity contribution is -0.155. The Labute approximate surface area is 175 Å². The number of fused-ring (bicyclic) bond motifs is 2. The van der Waals surface area contributed by atoms with Crippen LogP contribution < -0.4 is 0 Å². The van der Waals surface area contributed by atoms with Crippen molar-refractivity contribution in [1.82, 2.24) is 0 Å². The van der Waals surface area contributed by atoms with Gasteiger partial charge in [0.2, 0.25) is 0 Å². The maximum atomic E-state index is 13.0. The van der Waals surface area contributed by atoms with Crippen molar-refractivity contribution in [3.8, 4) is 0 Å². The first-order chi connectivity index (χ1) is 13.6. The van der Waals surface area contributed by atoms with Gasteiger partial charge >= 0.3 is 5.97 Å². The molecule has 0 N–H and O–H groups in total. The Morgan fingerprint density at radius 3 is 2.64 bits per heavy atom. The van der Waals surface area contributed by atoms with Gasteiger partial charge in [0.05, 0.1) is 36.3 Å². The van der Waals surface area contributed by atoms with Gasteiger partial charge < -0.3 is 23.7 Å². The number of methoxy groups -OCH3 is 3. The molecule has 3 heterocycles. The summed E-state index contributed by atoms with van der Waals surface area (Å²) in [5.41, 5.74) is 0.671. The molecule has 0 radical (unpaired) electrons. The van der Waals surface area contributed by atoms with Gasteiger partial charge in [0, 0.05) is 39.4 Å². The van der Waals surface area contributed by atoms with E-state index >= 15 is 0 Å². The fourth-order valence-corrected chi connectivity index (χ4v) is 8.76. The molecule has 4 aliphatic rings. The van der Waals surface area contributed by atoms with Crippen molar-refractivity contribution < 1.29 is 28.5 Å². The van der Waals surface area contributed by atoms with E-state index in [2.05, 4.69) is 0 Å². The number of carbonyl (C=O) groups excluding carboxylic acids is 1. The number of carbonyl (C=O) groups is 1. The molecule has 0 amide bonds. The van der Waals surface area contributed by atoms with Crippen LogP contribution in [0.1, 0.15) is 32.1 Å². The van der Waals surface area contributed by atoms with Crippen LogP contribution in [0, 0.1) is 11.3 Å². The van der Waals surface area contributed by atoms with Crippen molar-refractivity contribution >= 4 is 29.5 Å². The maximum Gasteiger partial charge on any atom is 0.314 e. The molecule has 0 bridgehead atoms. The molecule has 3 atom stereocenters. The SMILES string of the molecule is COC(=O)[C@@]12CCC3=C(CCO3)[C@H]1[C@H](C1(CC(OC)OC)SCCCS1)OC2. The Balaban J connectivity index is 1.74. The minimum absolute atomic E-state index is 0.00124. The van der Waals surface area contributed by atoms with E-state index in [-0.39, 0.29) is 28.4 Å². The summed E-state index contributed by atoms with van der Waals surface area (Å²) in [6.07, 6.45) is 3.90. The van der Waals surface area contributed by atoms with E-state index in [4.69, 9.17) is 23.7 Å². The van der Waals surface area contributed by atoms with E-state index in [1.165, 1.54) is 19.1 Å². The van der Waals surface area contributed by atoms with Gasteiger partial charge in [0.25, 0.3) is 0 Å². The number of esters is 1. The third kappa shape index (κ3) is 3.29. The Morgan fingerprint density at radius 1 is 1.21 bits per heavy atom. The molecule has 0 unspecified atom stereocenters. The van der Waals surface area contributed by atoms with Crippen molar-refractivity contribution in [3.05, 3.63) is 11.3 Å². The highest BCUT2D eigenvalue weighted by Crippen LogP contribution is 2.62. The summed E-state index contributed by atoms with van der Waals surface area (Å²) in [6.45, 7) is 1.12.